The molecule has 1 N–H and O–H groups in total. The predicted octanol–water partition coefficient (Wildman–Crippen LogP) is 5.42. The fraction of sp³-hybridized carbons (Fsp3) is 0.538. The van der Waals surface area contributed by atoms with Crippen molar-refractivity contribution in [2.24, 2.45) is 5.41 Å². The van der Waals surface area contributed by atoms with E-state index in [0.29, 0.717) is 12.1 Å². The number of benzene rings is 1. The Bertz CT molecular complexity index is 867. The summed E-state index contributed by atoms with van der Waals surface area (Å²) in [5.41, 5.74) is -9.04. The Hall–Kier alpha value is -1.78. The van der Waals surface area contributed by atoms with Crippen LogP contribution >= 0.6 is 0 Å². The lowest BCUT2D eigenvalue weighted by molar-refractivity contribution is -0.460. The molecule has 0 amide bonds. The van der Waals surface area contributed by atoms with Crippen LogP contribution < -0.4 is 0 Å². The highest BCUT2D eigenvalue weighted by Gasteiger charge is 2.91. The molecular weight excluding hydrogens is 483 g/mol. The number of rotatable bonds is 5. The third-order valence-electron chi connectivity index (χ3n) is 3.96. The first-order valence-corrected chi connectivity index (χ1v) is 8.40. The first kappa shape index (κ1) is 26.3. The summed E-state index contributed by atoms with van der Waals surface area (Å²) < 4.78 is 202. The van der Waals surface area contributed by atoms with Gasteiger partial charge in [-0.25, -0.2) is 0 Å². The van der Waals surface area contributed by atoms with Crippen LogP contribution in [0, 0.1) is 5.41 Å². The van der Waals surface area contributed by atoms with Crippen LogP contribution in [0.5, 0.6) is 0 Å². The summed E-state index contributed by atoms with van der Waals surface area (Å²) in [6.45, 7) is 0. The second-order valence-electron chi connectivity index (χ2n) is 5.81. The molecular formula is C13H7F13O3S. The number of hydrogen-bond acceptors (Lipinski definition) is 2. The molecule has 17 heteroatoms. The van der Waals surface area contributed by atoms with Gasteiger partial charge in [0.25, 0.3) is 10.1 Å². The Labute approximate surface area is 158 Å². The van der Waals surface area contributed by atoms with Gasteiger partial charge in [-0.2, -0.15) is 65.5 Å². The van der Waals surface area contributed by atoms with Crippen molar-refractivity contribution in [1.29, 1.82) is 0 Å². The van der Waals surface area contributed by atoms with E-state index >= 15 is 0 Å². The van der Waals surface area contributed by atoms with E-state index < -0.39 is 62.8 Å². The molecule has 0 fully saturated rings. The minimum atomic E-state index is -7.90. The largest absolute Gasteiger partial charge is 0.459 e. The van der Waals surface area contributed by atoms with Crippen molar-refractivity contribution in [2.75, 3.05) is 0 Å². The first-order valence-electron chi connectivity index (χ1n) is 6.96. The standard InChI is InChI=1S/C13H7F13O3S/c14-9(15,10(16,17)13(24,25)26)8(11(18,19)20,12(21,22)23)5-6-3-1-2-4-7(6)30(27,28)29/h1-4H,5H2,(H,27,28,29). The molecule has 0 heterocycles. The van der Waals surface area contributed by atoms with Crippen molar-refractivity contribution in [3.63, 3.8) is 0 Å². The van der Waals surface area contributed by atoms with E-state index in [9.17, 15) is 65.5 Å². The van der Waals surface area contributed by atoms with E-state index in [-0.39, 0.29) is 12.1 Å². The normalized spacial score (nSPS) is 15.4. The maximum atomic E-state index is 14.0. The van der Waals surface area contributed by atoms with Gasteiger partial charge < -0.3 is 0 Å². The molecule has 3 nitrogen and oxygen atoms in total. The predicted molar refractivity (Wildman–Crippen MR) is 70.5 cm³/mol. The molecule has 0 aliphatic rings. The molecule has 1 aromatic rings. The maximum Gasteiger partial charge on any atom is 0.459 e. The van der Waals surface area contributed by atoms with Crippen molar-refractivity contribution in [3.05, 3.63) is 29.8 Å². The summed E-state index contributed by atoms with van der Waals surface area (Å²) in [5.74, 6) is -15.8. The molecule has 0 aliphatic heterocycles. The Balaban J connectivity index is 4.07. The van der Waals surface area contributed by atoms with Crippen LogP contribution in [0.25, 0.3) is 0 Å². The van der Waals surface area contributed by atoms with Crippen LogP contribution in [-0.2, 0) is 16.5 Å². The molecule has 30 heavy (non-hydrogen) atoms. The molecule has 0 unspecified atom stereocenters. The van der Waals surface area contributed by atoms with Crippen LogP contribution in [0.2, 0.25) is 0 Å². The highest BCUT2D eigenvalue weighted by molar-refractivity contribution is 7.85. The average Bonchev–Trinajstić information content (AvgIpc) is 2.47. The lowest BCUT2D eigenvalue weighted by Gasteiger charge is -2.45. The lowest BCUT2D eigenvalue weighted by Crippen LogP contribution is -2.71. The van der Waals surface area contributed by atoms with Crippen molar-refractivity contribution >= 4 is 10.1 Å². The molecule has 0 radical (unpaired) electrons. The summed E-state index contributed by atoms with van der Waals surface area (Å²) in [4.78, 5) is -1.84. The van der Waals surface area contributed by atoms with Gasteiger partial charge in [-0.15, -0.1) is 0 Å². The van der Waals surface area contributed by atoms with Crippen LogP contribution in [0.1, 0.15) is 5.56 Å². The van der Waals surface area contributed by atoms with Crippen LogP contribution in [0.4, 0.5) is 57.1 Å². The molecule has 0 aliphatic carbocycles. The van der Waals surface area contributed by atoms with Gasteiger partial charge >= 0.3 is 30.4 Å². The molecule has 0 saturated carbocycles. The first-order chi connectivity index (χ1) is 13.0. The van der Waals surface area contributed by atoms with Crippen LogP contribution in [0.3, 0.4) is 0 Å². The number of halogens is 13. The minimum absolute atomic E-state index is 0.00283. The summed E-state index contributed by atoms with van der Waals surface area (Å²) in [6.07, 6.45) is -26.0. The molecule has 0 spiro atoms. The molecule has 1 aromatic carbocycles. The Morgan fingerprint density at radius 1 is 0.667 bits per heavy atom. The summed E-state index contributed by atoms with van der Waals surface area (Å²) in [6, 6.07) is 1.19. The van der Waals surface area contributed by atoms with Gasteiger partial charge in [0.05, 0.1) is 4.90 Å². The average molecular weight is 490 g/mol. The Morgan fingerprint density at radius 3 is 1.40 bits per heavy atom. The monoisotopic (exact) mass is 490 g/mol. The van der Waals surface area contributed by atoms with Crippen molar-refractivity contribution < 1.29 is 70.0 Å². The van der Waals surface area contributed by atoms with Crippen molar-refractivity contribution in [1.82, 2.24) is 0 Å². The van der Waals surface area contributed by atoms with Gasteiger partial charge in [0.1, 0.15) is 0 Å². The minimum Gasteiger partial charge on any atom is -0.282 e. The molecule has 0 saturated heterocycles. The molecule has 0 bridgehead atoms. The second kappa shape index (κ2) is 7.13. The van der Waals surface area contributed by atoms with Gasteiger partial charge in [-0.3, -0.25) is 4.55 Å². The van der Waals surface area contributed by atoms with Crippen LogP contribution in [-0.4, -0.2) is 43.3 Å². The smallest absolute Gasteiger partial charge is 0.282 e. The van der Waals surface area contributed by atoms with Gasteiger partial charge in [0.15, 0.2) is 0 Å². The topological polar surface area (TPSA) is 54.4 Å². The Morgan fingerprint density at radius 2 is 1.07 bits per heavy atom. The highest BCUT2D eigenvalue weighted by Crippen LogP contribution is 2.66. The fourth-order valence-electron chi connectivity index (χ4n) is 2.46. The van der Waals surface area contributed by atoms with E-state index in [2.05, 4.69) is 0 Å². The summed E-state index contributed by atoms with van der Waals surface area (Å²) >= 11 is 0. The maximum absolute atomic E-state index is 14.0. The third-order valence-corrected chi connectivity index (χ3v) is 4.91. The van der Waals surface area contributed by atoms with Gasteiger partial charge in [0, 0.05) is 6.42 Å². The molecule has 0 aromatic heterocycles. The summed E-state index contributed by atoms with van der Waals surface area (Å²) in [7, 11) is -5.70. The van der Waals surface area contributed by atoms with Crippen molar-refractivity contribution in [2.45, 2.75) is 41.7 Å². The van der Waals surface area contributed by atoms with Gasteiger partial charge in [0.2, 0.25) is 5.41 Å². The fourth-order valence-corrected chi connectivity index (χ4v) is 3.18. The quantitative estimate of drug-likeness (QED) is 0.443. The van der Waals surface area contributed by atoms with E-state index in [4.69, 9.17) is 4.55 Å². The third kappa shape index (κ3) is 3.92. The zero-order valence-electron chi connectivity index (χ0n) is 13.6. The molecule has 1 rings (SSSR count). The van der Waals surface area contributed by atoms with E-state index in [1.165, 1.54) is 0 Å². The Kier molecular flexibility index (Phi) is 6.24. The van der Waals surface area contributed by atoms with E-state index in [0.717, 1.165) is 0 Å². The highest BCUT2D eigenvalue weighted by atomic mass is 32.2. The number of alkyl halides is 13. The molecule has 174 valence electrons. The van der Waals surface area contributed by atoms with E-state index in [1.54, 1.807) is 0 Å². The van der Waals surface area contributed by atoms with Gasteiger partial charge in [-0.1, -0.05) is 18.2 Å². The van der Waals surface area contributed by atoms with Crippen LogP contribution in [0.15, 0.2) is 29.2 Å². The molecule has 0 atom stereocenters. The van der Waals surface area contributed by atoms with Crippen molar-refractivity contribution in [3.8, 4) is 0 Å². The zero-order chi connectivity index (χ0) is 24.2. The van der Waals surface area contributed by atoms with E-state index in [1.807, 2.05) is 0 Å². The summed E-state index contributed by atoms with van der Waals surface area (Å²) in [5, 5.41) is 0. The number of hydrogen-bond donors (Lipinski definition) is 1. The SMILES string of the molecule is O=S(=O)(O)c1ccccc1CC(C(F)(F)F)(C(F)(F)F)C(F)(F)C(F)(F)C(F)(F)F. The lowest BCUT2D eigenvalue weighted by atomic mass is 9.71. The van der Waals surface area contributed by atoms with Gasteiger partial charge in [-0.05, 0) is 11.6 Å². The zero-order valence-corrected chi connectivity index (χ0v) is 14.4. The second-order valence-corrected chi connectivity index (χ2v) is 7.20.